The van der Waals surface area contributed by atoms with E-state index in [0.717, 1.165) is 19.4 Å². The Balaban J connectivity index is 2.52. The molecule has 1 heterocycles. The van der Waals surface area contributed by atoms with Gasteiger partial charge < -0.3 is 5.32 Å². The van der Waals surface area contributed by atoms with Crippen LogP contribution in [-0.4, -0.2) is 18.4 Å². The number of hydrogen-bond donors (Lipinski definition) is 1. The maximum absolute atomic E-state index is 10.1. The molecule has 0 aliphatic carbocycles. The van der Waals surface area contributed by atoms with Gasteiger partial charge in [0.05, 0.1) is 5.54 Å². The summed E-state index contributed by atoms with van der Waals surface area (Å²) in [6.45, 7) is 2.85. The van der Waals surface area contributed by atoms with E-state index >= 15 is 0 Å². The summed E-state index contributed by atoms with van der Waals surface area (Å²) >= 11 is 0. The van der Waals surface area contributed by atoms with Crippen LogP contribution in [-0.2, 0) is 4.79 Å². The topological polar surface area (TPSA) is 29.1 Å². The lowest BCUT2D eigenvalue weighted by atomic mass is 10.0. The zero-order valence-electron chi connectivity index (χ0n) is 5.03. The van der Waals surface area contributed by atoms with Crippen molar-refractivity contribution in [3.8, 4) is 0 Å². The van der Waals surface area contributed by atoms with Gasteiger partial charge >= 0.3 is 0 Å². The molecule has 0 spiro atoms. The van der Waals surface area contributed by atoms with E-state index in [4.69, 9.17) is 0 Å². The van der Waals surface area contributed by atoms with Crippen molar-refractivity contribution < 1.29 is 4.79 Å². The maximum atomic E-state index is 10.1. The summed E-state index contributed by atoms with van der Waals surface area (Å²) in [5, 5.41) is 3.06. The minimum atomic E-state index is -0.319. The summed E-state index contributed by atoms with van der Waals surface area (Å²) in [5.74, 6) is 0. The Bertz CT molecular complexity index is 94.7. The molecule has 2 heteroatoms. The molecule has 1 radical (unpaired) electrons. The first-order valence-electron chi connectivity index (χ1n) is 2.91. The lowest BCUT2D eigenvalue weighted by molar-refractivity contribution is 0.474. The van der Waals surface area contributed by atoms with Crippen molar-refractivity contribution in [2.45, 2.75) is 25.3 Å². The highest BCUT2D eigenvalue weighted by Gasteiger charge is 2.27. The molecule has 1 saturated heterocycles. The molecular formula is C6H10NO. The summed E-state index contributed by atoms with van der Waals surface area (Å²) < 4.78 is 0. The normalized spacial score (nSPS) is 37.6. The van der Waals surface area contributed by atoms with Gasteiger partial charge in [-0.1, -0.05) is 0 Å². The molecule has 0 bridgehead atoms. The van der Waals surface area contributed by atoms with Gasteiger partial charge in [-0.15, -0.1) is 0 Å². The van der Waals surface area contributed by atoms with Crippen molar-refractivity contribution in [2.24, 2.45) is 0 Å². The lowest BCUT2D eigenvalue weighted by Crippen LogP contribution is -2.37. The molecule has 1 rings (SSSR count). The van der Waals surface area contributed by atoms with Gasteiger partial charge in [0.1, 0.15) is 0 Å². The molecule has 1 fully saturated rings. The van der Waals surface area contributed by atoms with Crippen molar-refractivity contribution >= 4 is 6.29 Å². The first kappa shape index (κ1) is 5.76. The molecule has 0 unspecified atom stereocenters. The highest BCUT2D eigenvalue weighted by atomic mass is 16.1. The Labute approximate surface area is 49.3 Å². The van der Waals surface area contributed by atoms with Crippen molar-refractivity contribution in [1.29, 1.82) is 0 Å². The zero-order chi connectivity index (χ0) is 6.04. The standard InChI is InChI=1S/C6H10NO/c1-6(5-8)3-2-4-7-6/h7H,2-4H2,1H3/t6-/m0/s1. The summed E-state index contributed by atoms with van der Waals surface area (Å²) in [4.78, 5) is 10.1. The fourth-order valence-corrected chi connectivity index (χ4v) is 0.982. The maximum Gasteiger partial charge on any atom is 0.220 e. The minimum absolute atomic E-state index is 0.319. The van der Waals surface area contributed by atoms with E-state index in [-0.39, 0.29) is 5.54 Å². The van der Waals surface area contributed by atoms with Gasteiger partial charge in [-0.2, -0.15) is 0 Å². The third-order valence-corrected chi connectivity index (χ3v) is 1.59. The Kier molecular flexibility index (Phi) is 1.34. The second kappa shape index (κ2) is 1.86. The van der Waals surface area contributed by atoms with E-state index in [1.165, 1.54) is 0 Å². The summed E-state index contributed by atoms with van der Waals surface area (Å²) in [6.07, 6.45) is 4.02. The summed E-state index contributed by atoms with van der Waals surface area (Å²) in [5.41, 5.74) is -0.319. The molecule has 1 atom stereocenters. The molecule has 2 nitrogen and oxygen atoms in total. The van der Waals surface area contributed by atoms with Crippen LogP contribution in [0.15, 0.2) is 0 Å². The first-order valence-corrected chi connectivity index (χ1v) is 2.91. The Morgan fingerprint density at radius 1 is 1.75 bits per heavy atom. The molecule has 0 aromatic rings. The molecule has 1 aliphatic rings. The molecule has 1 aliphatic heterocycles. The predicted octanol–water partition coefficient (Wildman–Crippen LogP) is 0.238. The SMILES string of the molecule is C[C@@]1([C]=O)CCCN1. The second-order valence-corrected chi connectivity index (χ2v) is 2.46. The van der Waals surface area contributed by atoms with Crippen LogP contribution in [0.25, 0.3) is 0 Å². The Morgan fingerprint density at radius 3 is 2.75 bits per heavy atom. The predicted molar refractivity (Wildman–Crippen MR) is 31.3 cm³/mol. The van der Waals surface area contributed by atoms with Crippen molar-refractivity contribution in [3.05, 3.63) is 0 Å². The van der Waals surface area contributed by atoms with Crippen LogP contribution < -0.4 is 5.32 Å². The third kappa shape index (κ3) is 0.892. The minimum Gasteiger partial charge on any atom is -0.305 e. The second-order valence-electron chi connectivity index (χ2n) is 2.46. The Hall–Kier alpha value is -0.370. The van der Waals surface area contributed by atoms with Gasteiger partial charge in [-0.05, 0) is 26.3 Å². The van der Waals surface area contributed by atoms with Gasteiger partial charge in [0.2, 0.25) is 6.29 Å². The fourth-order valence-electron chi connectivity index (χ4n) is 0.982. The number of carbonyl (C=O) groups excluding carboxylic acids is 1. The van der Waals surface area contributed by atoms with Gasteiger partial charge in [0, 0.05) is 0 Å². The molecule has 1 N–H and O–H groups in total. The van der Waals surface area contributed by atoms with Gasteiger partial charge in [0.25, 0.3) is 0 Å². The van der Waals surface area contributed by atoms with Gasteiger partial charge in [0.15, 0.2) is 0 Å². The molecule has 8 heavy (non-hydrogen) atoms. The van der Waals surface area contributed by atoms with Gasteiger partial charge in [-0.25, -0.2) is 0 Å². The smallest absolute Gasteiger partial charge is 0.220 e. The molecule has 0 aromatic carbocycles. The average Bonchev–Trinajstić information content (AvgIpc) is 2.17. The van der Waals surface area contributed by atoms with Crippen LogP contribution in [0.4, 0.5) is 0 Å². The largest absolute Gasteiger partial charge is 0.305 e. The van der Waals surface area contributed by atoms with Crippen LogP contribution >= 0.6 is 0 Å². The molecule has 0 saturated carbocycles. The highest BCUT2D eigenvalue weighted by molar-refractivity contribution is 5.64. The van der Waals surface area contributed by atoms with E-state index in [0.29, 0.717) is 0 Å². The van der Waals surface area contributed by atoms with Crippen LogP contribution in [0.2, 0.25) is 0 Å². The zero-order valence-corrected chi connectivity index (χ0v) is 5.03. The number of nitrogens with one attached hydrogen (secondary N) is 1. The number of rotatable bonds is 1. The van der Waals surface area contributed by atoms with E-state index in [1.807, 2.05) is 13.2 Å². The van der Waals surface area contributed by atoms with Crippen LogP contribution in [0.1, 0.15) is 19.8 Å². The molecule has 0 amide bonds. The lowest BCUT2D eigenvalue weighted by Gasteiger charge is -2.12. The van der Waals surface area contributed by atoms with Crippen LogP contribution in [0, 0.1) is 0 Å². The van der Waals surface area contributed by atoms with E-state index in [1.54, 1.807) is 0 Å². The fraction of sp³-hybridized carbons (Fsp3) is 0.833. The van der Waals surface area contributed by atoms with Crippen LogP contribution in [0.3, 0.4) is 0 Å². The van der Waals surface area contributed by atoms with Crippen molar-refractivity contribution in [3.63, 3.8) is 0 Å². The van der Waals surface area contributed by atoms with E-state index in [2.05, 4.69) is 5.32 Å². The highest BCUT2D eigenvalue weighted by Crippen LogP contribution is 2.14. The molecule has 45 valence electrons. The van der Waals surface area contributed by atoms with Crippen LogP contribution in [0.5, 0.6) is 0 Å². The van der Waals surface area contributed by atoms with E-state index < -0.39 is 0 Å². The van der Waals surface area contributed by atoms with E-state index in [9.17, 15) is 4.79 Å². The first-order chi connectivity index (χ1) is 3.77. The monoisotopic (exact) mass is 112 g/mol. The average molecular weight is 112 g/mol. The van der Waals surface area contributed by atoms with Gasteiger partial charge in [-0.3, -0.25) is 4.79 Å². The Morgan fingerprint density at radius 2 is 2.50 bits per heavy atom. The van der Waals surface area contributed by atoms with Crippen molar-refractivity contribution in [2.75, 3.05) is 6.54 Å². The quantitative estimate of drug-likeness (QED) is 0.526. The third-order valence-electron chi connectivity index (χ3n) is 1.59. The number of hydrogen-bond acceptors (Lipinski definition) is 2. The molecular weight excluding hydrogens is 102 g/mol. The summed E-state index contributed by atoms with van der Waals surface area (Å²) in [6, 6.07) is 0. The van der Waals surface area contributed by atoms with Crippen molar-refractivity contribution in [1.82, 2.24) is 5.32 Å². The summed E-state index contributed by atoms with van der Waals surface area (Å²) in [7, 11) is 0. The molecule has 0 aromatic heterocycles.